The van der Waals surface area contributed by atoms with Gasteiger partial charge < -0.3 is 5.11 Å². The van der Waals surface area contributed by atoms with Crippen molar-refractivity contribution in [2.75, 3.05) is 0 Å². The molecule has 1 heterocycles. The molecular weight excluding hydrogens is 200 g/mol. The molecule has 0 aliphatic carbocycles. The lowest BCUT2D eigenvalue weighted by atomic mass is 10.2. The van der Waals surface area contributed by atoms with E-state index in [1.54, 1.807) is 0 Å². The number of amides is 2. The molecule has 0 fully saturated rings. The van der Waals surface area contributed by atoms with Gasteiger partial charge in [0.2, 0.25) is 0 Å². The van der Waals surface area contributed by atoms with Crippen LogP contribution in [0.5, 0.6) is 0 Å². The van der Waals surface area contributed by atoms with Crippen molar-refractivity contribution in [3.63, 3.8) is 0 Å². The fourth-order valence-electron chi connectivity index (χ4n) is 1.16. The van der Waals surface area contributed by atoms with E-state index >= 15 is 0 Å². The van der Waals surface area contributed by atoms with Gasteiger partial charge in [0.25, 0.3) is 0 Å². The van der Waals surface area contributed by atoms with Crippen molar-refractivity contribution in [1.29, 1.82) is 0 Å². The van der Waals surface area contributed by atoms with Crippen LogP contribution in [0.3, 0.4) is 0 Å². The zero-order chi connectivity index (χ0) is 11.0. The molecule has 2 rings (SSSR count). The van der Waals surface area contributed by atoms with Crippen LogP contribution in [0.2, 0.25) is 0 Å². The lowest BCUT2D eigenvalue weighted by molar-refractivity contribution is -0.135. The van der Waals surface area contributed by atoms with Crippen molar-refractivity contribution in [2.45, 2.75) is 0 Å². The topological polar surface area (TPSA) is 96.2 Å². The van der Waals surface area contributed by atoms with Crippen LogP contribution in [0.15, 0.2) is 28.2 Å². The molecule has 6 nitrogen and oxygen atoms in total. The number of aromatic carboxylic acids is 1. The number of rotatable bonds is 1. The Bertz CT molecular complexity index is 603. The zero-order valence-corrected chi connectivity index (χ0v) is 7.30. The Morgan fingerprint density at radius 2 is 1.67 bits per heavy atom. The third-order valence-corrected chi connectivity index (χ3v) is 1.85. The highest BCUT2D eigenvalue weighted by atomic mass is 16.4. The number of nitrogens with zero attached hydrogens (tertiary/aromatic N) is 2. The summed E-state index contributed by atoms with van der Waals surface area (Å²) in [6, 6.07) is 3.83. The van der Waals surface area contributed by atoms with Gasteiger partial charge in [0.05, 0.1) is 16.3 Å². The van der Waals surface area contributed by atoms with E-state index in [9.17, 15) is 14.4 Å². The number of carbonyl (C=O) groups is 3. The molecule has 0 saturated heterocycles. The summed E-state index contributed by atoms with van der Waals surface area (Å²) in [6.07, 6.45) is 0. The van der Waals surface area contributed by atoms with E-state index in [2.05, 4.69) is 9.98 Å². The fraction of sp³-hybridized carbons (Fsp3) is 0. The molecule has 0 spiro atoms. The lowest BCUT2D eigenvalue weighted by Gasteiger charge is -1.98. The highest BCUT2D eigenvalue weighted by Gasteiger charge is 2.15. The van der Waals surface area contributed by atoms with Crippen LogP contribution in [-0.4, -0.2) is 22.9 Å². The van der Waals surface area contributed by atoms with Gasteiger partial charge in [-0.1, -0.05) is 0 Å². The maximum absolute atomic E-state index is 10.9. The Labute approximate surface area is 82.6 Å². The maximum Gasteiger partial charge on any atom is 0.338 e. The molecule has 1 aromatic carbocycles. The molecule has 0 bridgehead atoms. The van der Waals surface area contributed by atoms with Gasteiger partial charge in [-0.3, -0.25) is 9.59 Å². The summed E-state index contributed by atoms with van der Waals surface area (Å²) < 4.78 is 0. The SMILES string of the molecule is O=C1N=c2ccc(C(=O)O)cc2=NC1=O. The molecule has 1 aliphatic heterocycles. The van der Waals surface area contributed by atoms with Crippen molar-refractivity contribution in [1.82, 2.24) is 0 Å². The average Bonchev–Trinajstić information content (AvgIpc) is 2.19. The number of hydrogen-bond donors (Lipinski definition) is 1. The van der Waals surface area contributed by atoms with Crippen LogP contribution >= 0.6 is 0 Å². The zero-order valence-electron chi connectivity index (χ0n) is 7.30. The highest BCUT2D eigenvalue weighted by molar-refractivity contribution is 6.36. The second kappa shape index (κ2) is 3.09. The molecule has 1 N–H and O–H groups in total. The van der Waals surface area contributed by atoms with Crippen molar-refractivity contribution < 1.29 is 19.5 Å². The fourth-order valence-corrected chi connectivity index (χ4v) is 1.16. The molecule has 0 radical (unpaired) electrons. The summed E-state index contributed by atoms with van der Waals surface area (Å²) in [5.74, 6) is -3.05. The van der Waals surface area contributed by atoms with Crippen molar-refractivity contribution in [2.24, 2.45) is 9.98 Å². The molecular formula is C9H4N2O4. The van der Waals surface area contributed by atoms with Gasteiger partial charge in [-0.2, -0.15) is 0 Å². The minimum atomic E-state index is -1.13. The van der Waals surface area contributed by atoms with E-state index in [1.165, 1.54) is 18.2 Å². The highest BCUT2D eigenvalue weighted by Crippen LogP contribution is 1.93. The summed E-state index contributed by atoms with van der Waals surface area (Å²) in [5, 5.41) is 9.00. The van der Waals surface area contributed by atoms with E-state index in [-0.39, 0.29) is 16.3 Å². The Kier molecular flexibility index (Phi) is 1.89. The molecule has 2 amide bonds. The van der Waals surface area contributed by atoms with Gasteiger partial charge in [-0.25, -0.2) is 14.8 Å². The molecule has 0 aromatic heterocycles. The third kappa shape index (κ3) is 1.52. The Hall–Kier alpha value is -2.37. The van der Waals surface area contributed by atoms with Crippen molar-refractivity contribution in [3.8, 4) is 0 Å². The third-order valence-electron chi connectivity index (χ3n) is 1.85. The summed E-state index contributed by atoms with van der Waals surface area (Å²) in [6.45, 7) is 0. The van der Waals surface area contributed by atoms with Gasteiger partial charge in [0.1, 0.15) is 0 Å². The normalized spacial score (nSPS) is 13.9. The monoisotopic (exact) mass is 204 g/mol. The van der Waals surface area contributed by atoms with Crippen molar-refractivity contribution in [3.05, 3.63) is 34.5 Å². The molecule has 1 aliphatic rings. The molecule has 0 saturated carbocycles. The van der Waals surface area contributed by atoms with Crippen LogP contribution in [0.4, 0.5) is 0 Å². The lowest BCUT2D eigenvalue weighted by Crippen LogP contribution is -2.34. The standard InChI is InChI=1S/C9H4N2O4/c12-7-8(13)11-6-3-4(9(14)15)1-2-5(6)10-7/h1-3H,(H,14,15). The summed E-state index contributed by atoms with van der Waals surface area (Å²) in [5.41, 5.74) is -0.00477. The molecule has 0 unspecified atom stereocenters. The molecule has 6 heteroatoms. The summed E-state index contributed by atoms with van der Waals surface area (Å²) in [7, 11) is 0. The molecule has 74 valence electrons. The summed E-state index contributed by atoms with van der Waals surface area (Å²) >= 11 is 0. The predicted molar refractivity (Wildman–Crippen MR) is 45.7 cm³/mol. The van der Waals surface area contributed by atoms with Gasteiger partial charge in [-0.05, 0) is 18.2 Å². The Morgan fingerprint density at radius 1 is 1.07 bits per heavy atom. The van der Waals surface area contributed by atoms with E-state index in [0.717, 1.165) is 0 Å². The number of carboxylic acids is 1. The van der Waals surface area contributed by atoms with Gasteiger partial charge in [-0.15, -0.1) is 0 Å². The summed E-state index contributed by atoms with van der Waals surface area (Å²) in [4.78, 5) is 39.2. The number of carboxylic acid groups (broad SMARTS) is 1. The number of benzene rings is 1. The van der Waals surface area contributed by atoms with Gasteiger partial charge in [0, 0.05) is 0 Å². The smallest absolute Gasteiger partial charge is 0.338 e. The van der Waals surface area contributed by atoms with Crippen LogP contribution in [0.1, 0.15) is 10.4 Å². The molecule has 0 atom stereocenters. The number of hydrogen-bond acceptors (Lipinski definition) is 3. The average molecular weight is 204 g/mol. The van der Waals surface area contributed by atoms with Gasteiger partial charge in [0.15, 0.2) is 0 Å². The van der Waals surface area contributed by atoms with Crippen molar-refractivity contribution >= 4 is 17.8 Å². The molecule has 1 aromatic rings. The van der Waals surface area contributed by atoms with Crippen LogP contribution in [0, 0.1) is 0 Å². The Balaban J connectivity index is 2.75. The van der Waals surface area contributed by atoms with E-state index < -0.39 is 17.8 Å². The Morgan fingerprint density at radius 3 is 2.27 bits per heavy atom. The minimum absolute atomic E-state index is 0.00477. The first-order valence-electron chi connectivity index (χ1n) is 3.97. The van der Waals surface area contributed by atoms with E-state index in [4.69, 9.17) is 5.11 Å². The quantitative estimate of drug-likeness (QED) is 0.574. The maximum atomic E-state index is 10.9. The first kappa shape index (κ1) is 9.20. The van der Waals surface area contributed by atoms with Crippen LogP contribution < -0.4 is 10.7 Å². The van der Waals surface area contributed by atoms with Gasteiger partial charge >= 0.3 is 17.8 Å². The second-order valence-electron chi connectivity index (χ2n) is 2.84. The van der Waals surface area contributed by atoms with E-state index in [1.807, 2.05) is 0 Å². The first-order valence-corrected chi connectivity index (χ1v) is 3.97. The number of fused-ring (bicyclic) bond motifs is 1. The first-order chi connectivity index (χ1) is 7.08. The second-order valence-corrected chi connectivity index (χ2v) is 2.84. The van der Waals surface area contributed by atoms with Crippen LogP contribution in [0.25, 0.3) is 0 Å². The largest absolute Gasteiger partial charge is 0.478 e. The predicted octanol–water partition coefficient (Wildman–Crippen LogP) is -1.31. The molecule has 15 heavy (non-hydrogen) atoms. The van der Waals surface area contributed by atoms with E-state index in [0.29, 0.717) is 0 Å². The number of carbonyl (C=O) groups excluding carboxylic acids is 2. The minimum Gasteiger partial charge on any atom is -0.478 e. The van der Waals surface area contributed by atoms with Crippen LogP contribution in [-0.2, 0) is 9.59 Å².